The van der Waals surface area contributed by atoms with Gasteiger partial charge in [0.2, 0.25) is 0 Å². The summed E-state index contributed by atoms with van der Waals surface area (Å²) in [5.41, 5.74) is 6.66. The topological polar surface area (TPSA) is 108 Å². The Kier molecular flexibility index (Phi) is 10.5. The van der Waals surface area contributed by atoms with Gasteiger partial charge in [0.15, 0.2) is 12.7 Å². The highest BCUT2D eigenvalue weighted by Crippen LogP contribution is 2.37. The Bertz CT molecular complexity index is 1670. The van der Waals surface area contributed by atoms with E-state index in [-0.39, 0.29) is 25.0 Å². The average molecular weight is 648 g/mol. The maximum absolute atomic E-state index is 13.2. The van der Waals surface area contributed by atoms with Gasteiger partial charge in [0.1, 0.15) is 5.75 Å². The van der Waals surface area contributed by atoms with Gasteiger partial charge in [-0.15, -0.1) is 0 Å². The monoisotopic (exact) mass is 647 g/mol. The van der Waals surface area contributed by atoms with E-state index in [1.807, 2.05) is 35.2 Å². The van der Waals surface area contributed by atoms with Crippen molar-refractivity contribution in [3.63, 3.8) is 0 Å². The van der Waals surface area contributed by atoms with E-state index in [1.165, 1.54) is 29.4 Å². The van der Waals surface area contributed by atoms with Crippen LogP contribution in [0.5, 0.6) is 5.75 Å². The molecule has 48 heavy (non-hydrogen) atoms. The van der Waals surface area contributed by atoms with Crippen LogP contribution >= 0.6 is 0 Å². The molecule has 6 rings (SSSR count). The van der Waals surface area contributed by atoms with E-state index in [9.17, 15) is 19.5 Å². The fraction of sp³-hybridized carbons (Fsp3) is 0.308. The predicted octanol–water partition coefficient (Wildman–Crippen LogP) is 3.97. The molecule has 2 atom stereocenters. The van der Waals surface area contributed by atoms with Crippen LogP contribution in [0.4, 0.5) is 0 Å². The molecule has 0 bridgehead atoms. The maximum atomic E-state index is 13.2. The van der Waals surface area contributed by atoms with Crippen LogP contribution in [0.25, 0.3) is 0 Å². The fourth-order valence-corrected chi connectivity index (χ4v) is 6.70. The Morgan fingerprint density at radius 2 is 1.38 bits per heavy atom. The molecule has 9 heteroatoms. The third kappa shape index (κ3) is 7.59. The molecule has 1 aliphatic heterocycles. The Balaban J connectivity index is 1.03. The molecule has 2 amide bonds. The van der Waals surface area contributed by atoms with Crippen molar-refractivity contribution in [2.75, 3.05) is 39.9 Å². The number of carbonyl (C=O) groups is 3. The van der Waals surface area contributed by atoms with Crippen molar-refractivity contribution < 1.29 is 29.0 Å². The first-order valence-corrected chi connectivity index (χ1v) is 16.4. The minimum Gasteiger partial charge on any atom is -0.484 e. The van der Waals surface area contributed by atoms with Crippen molar-refractivity contribution >= 4 is 17.8 Å². The van der Waals surface area contributed by atoms with Gasteiger partial charge >= 0.3 is 5.97 Å². The first-order chi connectivity index (χ1) is 23.4. The SMILES string of the molecule is COC(=O)[C@H](O)[C@H](Cc1ccccc1)NC(=O)c1ccc(OCC(=O)N2CCN(C3c4ccccc4CCc4ccccc43)CC2)cc1. The van der Waals surface area contributed by atoms with Gasteiger partial charge in [-0.05, 0) is 71.3 Å². The molecule has 0 unspecified atom stereocenters. The van der Waals surface area contributed by atoms with Crippen molar-refractivity contribution in [3.8, 4) is 5.75 Å². The molecule has 4 aromatic carbocycles. The standard InChI is InChI=1S/C39H41N3O6/c1-47-39(46)37(44)34(25-27-9-3-2-4-10-27)40-38(45)30-17-19-31(20-18-30)48-26-35(43)41-21-23-42(24-22-41)36-32-13-7-5-11-28(32)15-16-29-12-6-8-14-33(29)36/h2-14,17-20,34,36-37,44H,15-16,21-26H2,1H3,(H,40,45)/t34-,37+/m0/s1. The van der Waals surface area contributed by atoms with Crippen LogP contribution in [0.2, 0.25) is 0 Å². The number of fused-ring (bicyclic) bond motifs is 2. The second-order valence-electron chi connectivity index (χ2n) is 12.3. The molecule has 4 aromatic rings. The number of carbonyl (C=O) groups excluding carboxylic acids is 3. The fourth-order valence-electron chi connectivity index (χ4n) is 6.70. The zero-order valence-corrected chi connectivity index (χ0v) is 27.1. The summed E-state index contributed by atoms with van der Waals surface area (Å²) in [4.78, 5) is 42.6. The van der Waals surface area contributed by atoms with Crippen molar-refractivity contribution in [2.24, 2.45) is 0 Å². The van der Waals surface area contributed by atoms with Crippen LogP contribution in [0.3, 0.4) is 0 Å². The third-order valence-corrected chi connectivity index (χ3v) is 9.31. The number of amides is 2. The normalized spacial score (nSPS) is 16.1. The molecule has 0 spiro atoms. The zero-order valence-electron chi connectivity index (χ0n) is 27.1. The van der Waals surface area contributed by atoms with Crippen LogP contribution in [-0.4, -0.2) is 84.7 Å². The summed E-state index contributed by atoms with van der Waals surface area (Å²) in [6.07, 6.45) is 0.756. The zero-order chi connectivity index (χ0) is 33.5. The van der Waals surface area contributed by atoms with Gasteiger partial charge in [-0.2, -0.15) is 0 Å². The molecule has 1 saturated heterocycles. The lowest BCUT2D eigenvalue weighted by Crippen LogP contribution is -2.51. The van der Waals surface area contributed by atoms with E-state index in [0.717, 1.165) is 31.5 Å². The van der Waals surface area contributed by atoms with Crippen LogP contribution < -0.4 is 10.1 Å². The molecular formula is C39H41N3O6. The number of piperazine rings is 1. The Morgan fingerprint density at radius 1 is 0.792 bits per heavy atom. The van der Waals surface area contributed by atoms with Gasteiger partial charge in [-0.25, -0.2) is 4.79 Å². The summed E-state index contributed by atoms with van der Waals surface area (Å²) in [6, 6.07) is 32.4. The number of benzene rings is 4. The van der Waals surface area contributed by atoms with E-state index in [2.05, 4.69) is 58.7 Å². The van der Waals surface area contributed by atoms with Gasteiger partial charge < -0.3 is 24.8 Å². The van der Waals surface area contributed by atoms with Crippen molar-refractivity contribution in [2.45, 2.75) is 37.5 Å². The molecule has 1 heterocycles. The first kappa shape index (κ1) is 32.9. The Hall–Kier alpha value is -4.99. The minimum absolute atomic E-state index is 0.0845. The number of esters is 1. The van der Waals surface area contributed by atoms with Gasteiger partial charge in [0.05, 0.1) is 19.2 Å². The van der Waals surface area contributed by atoms with Crippen molar-refractivity contribution in [1.82, 2.24) is 15.1 Å². The van der Waals surface area contributed by atoms with Crippen LogP contribution in [0, 0.1) is 0 Å². The molecule has 248 valence electrons. The third-order valence-electron chi connectivity index (χ3n) is 9.31. The molecule has 0 aromatic heterocycles. The minimum atomic E-state index is -1.53. The van der Waals surface area contributed by atoms with Crippen molar-refractivity contribution in [1.29, 1.82) is 0 Å². The van der Waals surface area contributed by atoms with E-state index in [0.29, 0.717) is 24.4 Å². The highest BCUT2D eigenvalue weighted by Gasteiger charge is 2.32. The van der Waals surface area contributed by atoms with Gasteiger partial charge in [0, 0.05) is 31.7 Å². The molecule has 2 aliphatic rings. The second-order valence-corrected chi connectivity index (χ2v) is 12.3. The average Bonchev–Trinajstić information content (AvgIpc) is 3.30. The summed E-state index contributed by atoms with van der Waals surface area (Å²) in [7, 11) is 1.19. The number of aryl methyl sites for hydroxylation is 2. The number of methoxy groups -OCH3 is 1. The van der Waals surface area contributed by atoms with Gasteiger partial charge in [-0.1, -0.05) is 78.9 Å². The number of ether oxygens (including phenoxy) is 2. The van der Waals surface area contributed by atoms with Crippen LogP contribution in [0.1, 0.15) is 44.2 Å². The molecule has 0 radical (unpaired) electrons. The number of aliphatic hydroxyl groups is 1. The van der Waals surface area contributed by atoms with Crippen molar-refractivity contribution in [3.05, 3.63) is 137 Å². The number of nitrogens with zero attached hydrogens (tertiary/aromatic N) is 2. The van der Waals surface area contributed by atoms with E-state index in [4.69, 9.17) is 9.47 Å². The van der Waals surface area contributed by atoms with Gasteiger partial charge in [-0.3, -0.25) is 14.5 Å². The summed E-state index contributed by atoms with van der Waals surface area (Å²) in [5, 5.41) is 13.3. The van der Waals surface area contributed by atoms with E-state index < -0.39 is 24.0 Å². The lowest BCUT2D eigenvalue weighted by Gasteiger charge is -2.40. The number of nitrogens with one attached hydrogen (secondary N) is 1. The molecule has 1 fully saturated rings. The summed E-state index contributed by atoms with van der Waals surface area (Å²) in [5.74, 6) is -0.913. The Labute approximate surface area is 281 Å². The smallest absolute Gasteiger partial charge is 0.336 e. The lowest BCUT2D eigenvalue weighted by molar-refractivity contribution is -0.151. The number of hydrogen-bond donors (Lipinski definition) is 2. The van der Waals surface area contributed by atoms with E-state index in [1.54, 1.807) is 24.3 Å². The quantitative estimate of drug-likeness (QED) is 0.251. The summed E-state index contributed by atoms with van der Waals surface area (Å²) >= 11 is 0. The molecule has 9 nitrogen and oxygen atoms in total. The van der Waals surface area contributed by atoms with Crippen LogP contribution in [-0.2, 0) is 33.6 Å². The number of hydrogen-bond acceptors (Lipinski definition) is 7. The largest absolute Gasteiger partial charge is 0.484 e. The summed E-state index contributed by atoms with van der Waals surface area (Å²) in [6.45, 7) is 2.65. The number of aliphatic hydroxyl groups excluding tert-OH is 1. The highest BCUT2D eigenvalue weighted by molar-refractivity contribution is 5.95. The Morgan fingerprint density at radius 3 is 1.98 bits per heavy atom. The number of rotatable bonds is 10. The first-order valence-electron chi connectivity index (χ1n) is 16.4. The van der Waals surface area contributed by atoms with Gasteiger partial charge in [0.25, 0.3) is 11.8 Å². The molecule has 0 saturated carbocycles. The molecule has 2 N–H and O–H groups in total. The van der Waals surface area contributed by atoms with Crippen LogP contribution in [0.15, 0.2) is 103 Å². The van der Waals surface area contributed by atoms with E-state index >= 15 is 0 Å². The highest BCUT2D eigenvalue weighted by atomic mass is 16.5. The molecular weight excluding hydrogens is 606 g/mol. The summed E-state index contributed by atoms with van der Waals surface area (Å²) < 4.78 is 10.5. The molecule has 1 aliphatic carbocycles. The predicted molar refractivity (Wildman–Crippen MR) is 182 cm³/mol. The second kappa shape index (κ2) is 15.3. The maximum Gasteiger partial charge on any atom is 0.336 e. The lowest BCUT2D eigenvalue weighted by atomic mass is 9.93.